The normalized spacial score (nSPS) is 11.0. The summed E-state index contributed by atoms with van der Waals surface area (Å²) in [4.78, 5) is 4.25. The lowest BCUT2D eigenvalue weighted by Crippen LogP contribution is -2.04. The summed E-state index contributed by atoms with van der Waals surface area (Å²) < 4.78 is 7.16. The standard InChI is InChI=1S/C13H14N4O/c1-9-11(10(2)18-16-9)8-15-13-5-3-4-12-14-6-7-17(12)13/h3-7,15H,8H2,1-2H3. The minimum atomic E-state index is 0.693. The highest BCUT2D eigenvalue weighted by Crippen LogP contribution is 2.16. The Morgan fingerprint density at radius 3 is 3.00 bits per heavy atom. The van der Waals surface area contributed by atoms with Crippen molar-refractivity contribution in [3.05, 3.63) is 47.6 Å². The van der Waals surface area contributed by atoms with Crippen molar-refractivity contribution in [1.29, 1.82) is 0 Å². The van der Waals surface area contributed by atoms with Crippen LogP contribution in [0.4, 0.5) is 5.82 Å². The average Bonchev–Trinajstić information content (AvgIpc) is 2.95. The van der Waals surface area contributed by atoms with Crippen molar-refractivity contribution in [3.8, 4) is 0 Å². The molecule has 0 fully saturated rings. The molecule has 0 spiro atoms. The molecule has 0 bridgehead atoms. The van der Waals surface area contributed by atoms with Crippen LogP contribution in [0.2, 0.25) is 0 Å². The smallest absolute Gasteiger partial charge is 0.138 e. The third-order valence-electron chi connectivity index (χ3n) is 3.06. The number of imidazole rings is 1. The molecule has 1 N–H and O–H groups in total. The summed E-state index contributed by atoms with van der Waals surface area (Å²) in [5.74, 6) is 1.86. The summed E-state index contributed by atoms with van der Waals surface area (Å²) in [6.07, 6.45) is 3.72. The van der Waals surface area contributed by atoms with Crippen LogP contribution in [0.3, 0.4) is 0 Å². The molecule has 92 valence electrons. The predicted molar refractivity (Wildman–Crippen MR) is 68.5 cm³/mol. The highest BCUT2D eigenvalue weighted by atomic mass is 16.5. The largest absolute Gasteiger partial charge is 0.367 e. The molecule has 5 heteroatoms. The first-order chi connectivity index (χ1) is 8.75. The van der Waals surface area contributed by atoms with Crippen molar-refractivity contribution in [3.63, 3.8) is 0 Å². The maximum atomic E-state index is 5.15. The zero-order valence-electron chi connectivity index (χ0n) is 10.3. The number of hydrogen-bond donors (Lipinski definition) is 1. The van der Waals surface area contributed by atoms with Crippen LogP contribution >= 0.6 is 0 Å². The van der Waals surface area contributed by atoms with Crippen LogP contribution < -0.4 is 5.32 Å². The van der Waals surface area contributed by atoms with E-state index in [-0.39, 0.29) is 0 Å². The topological polar surface area (TPSA) is 55.4 Å². The SMILES string of the molecule is Cc1noc(C)c1CNc1cccc2nccn12. The van der Waals surface area contributed by atoms with Crippen molar-refractivity contribution < 1.29 is 4.52 Å². The van der Waals surface area contributed by atoms with Crippen LogP contribution in [-0.2, 0) is 6.54 Å². The van der Waals surface area contributed by atoms with Gasteiger partial charge in [0.15, 0.2) is 0 Å². The van der Waals surface area contributed by atoms with E-state index in [1.807, 2.05) is 42.6 Å². The lowest BCUT2D eigenvalue weighted by atomic mass is 10.2. The van der Waals surface area contributed by atoms with Gasteiger partial charge in [0, 0.05) is 24.5 Å². The van der Waals surface area contributed by atoms with Crippen molar-refractivity contribution in [2.45, 2.75) is 20.4 Å². The molecule has 3 aromatic rings. The monoisotopic (exact) mass is 242 g/mol. The fraction of sp³-hybridized carbons (Fsp3) is 0.231. The first-order valence-corrected chi connectivity index (χ1v) is 5.83. The minimum absolute atomic E-state index is 0.693. The number of anilines is 1. The third-order valence-corrected chi connectivity index (χ3v) is 3.06. The molecule has 0 saturated heterocycles. The molecular weight excluding hydrogens is 228 g/mol. The van der Waals surface area contributed by atoms with Gasteiger partial charge in [-0.25, -0.2) is 4.98 Å². The highest BCUT2D eigenvalue weighted by molar-refractivity contribution is 5.50. The molecule has 0 atom stereocenters. The predicted octanol–water partition coefficient (Wildman–Crippen LogP) is 2.55. The van der Waals surface area contributed by atoms with Crippen molar-refractivity contribution >= 4 is 11.5 Å². The summed E-state index contributed by atoms with van der Waals surface area (Å²) >= 11 is 0. The fourth-order valence-corrected chi connectivity index (χ4v) is 2.02. The molecule has 5 nitrogen and oxygen atoms in total. The Morgan fingerprint density at radius 1 is 1.33 bits per heavy atom. The number of fused-ring (bicyclic) bond motifs is 1. The van der Waals surface area contributed by atoms with Crippen LogP contribution in [-0.4, -0.2) is 14.5 Å². The van der Waals surface area contributed by atoms with Crippen LogP contribution in [0, 0.1) is 13.8 Å². The van der Waals surface area contributed by atoms with Crippen LogP contribution in [0.25, 0.3) is 5.65 Å². The Labute approximate surface area is 104 Å². The van der Waals surface area contributed by atoms with Crippen LogP contribution in [0.1, 0.15) is 17.0 Å². The van der Waals surface area contributed by atoms with E-state index in [9.17, 15) is 0 Å². The van der Waals surface area contributed by atoms with Gasteiger partial charge in [-0.1, -0.05) is 11.2 Å². The molecule has 0 radical (unpaired) electrons. The van der Waals surface area contributed by atoms with Gasteiger partial charge < -0.3 is 9.84 Å². The summed E-state index contributed by atoms with van der Waals surface area (Å²) in [6, 6.07) is 5.98. The number of rotatable bonds is 3. The zero-order chi connectivity index (χ0) is 12.5. The molecule has 0 saturated carbocycles. The molecule has 3 rings (SSSR count). The molecule has 18 heavy (non-hydrogen) atoms. The van der Waals surface area contributed by atoms with E-state index < -0.39 is 0 Å². The molecular formula is C13H14N4O. The maximum absolute atomic E-state index is 5.15. The van der Waals surface area contributed by atoms with E-state index in [1.165, 1.54) is 0 Å². The fourth-order valence-electron chi connectivity index (χ4n) is 2.02. The Kier molecular flexibility index (Phi) is 2.51. The number of nitrogens with one attached hydrogen (secondary N) is 1. The second-order valence-corrected chi connectivity index (χ2v) is 4.22. The molecule has 3 aromatic heterocycles. The molecule has 0 aliphatic rings. The van der Waals surface area contributed by atoms with Gasteiger partial charge in [-0.3, -0.25) is 4.40 Å². The van der Waals surface area contributed by atoms with E-state index in [2.05, 4.69) is 15.5 Å². The number of aromatic nitrogens is 3. The van der Waals surface area contributed by atoms with E-state index in [4.69, 9.17) is 4.52 Å². The third kappa shape index (κ3) is 1.73. The van der Waals surface area contributed by atoms with Gasteiger partial charge in [-0.2, -0.15) is 0 Å². The quantitative estimate of drug-likeness (QED) is 0.766. The minimum Gasteiger partial charge on any atom is -0.367 e. The lowest BCUT2D eigenvalue weighted by molar-refractivity contribution is 0.392. The summed E-state index contributed by atoms with van der Waals surface area (Å²) in [6.45, 7) is 4.57. The second kappa shape index (κ2) is 4.18. The number of nitrogens with zero attached hydrogens (tertiary/aromatic N) is 3. The number of pyridine rings is 1. The van der Waals surface area contributed by atoms with Gasteiger partial charge in [0.05, 0.1) is 5.69 Å². The summed E-state index contributed by atoms with van der Waals surface area (Å²) in [5.41, 5.74) is 2.96. The Morgan fingerprint density at radius 2 is 2.22 bits per heavy atom. The number of hydrogen-bond acceptors (Lipinski definition) is 4. The summed E-state index contributed by atoms with van der Waals surface area (Å²) in [5, 5.41) is 7.33. The molecule has 0 aliphatic carbocycles. The number of aryl methyl sites for hydroxylation is 2. The lowest BCUT2D eigenvalue weighted by Gasteiger charge is -2.08. The van der Waals surface area contributed by atoms with Crippen molar-refractivity contribution in [2.24, 2.45) is 0 Å². The van der Waals surface area contributed by atoms with Gasteiger partial charge in [0.2, 0.25) is 0 Å². The highest BCUT2D eigenvalue weighted by Gasteiger charge is 2.09. The van der Waals surface area contributed by atoms with Gasteiger partial charge in [-0.05, 0) is 26.0 Å². The summed E-state index contributed by atoms with van der Waals surface area (Å²) in [7, 11) is 0. The van der Waals surface area contributed by atoms with Crippen LogP contribution in [0.15, 0.2) is 35.1 Å². The van der Waals surface area contributed by atoms with E-state index >= 15 is 0 Å². The van der Waals surface area contributed by atoms with Gasteiger partial charge in [0.1, 0.15) is 17.2 Å². The zero-order valence-corrected chi connectivity index (χ0v) is 10.3. The molecule has 0 aromatic carbocycles. The maximum Gasteiger partial charge on any atom is 0.138 e. The van der Waals surface area contributed by atoms with E-state index in [0.717, 1.165) is 28.5 Å². The average molecular weight is 242 g/mol. The van der Waals surface area contributed by atoms with Gasteiger partial charge in [0.25, 0.3) is 0 Å². The molecule has 0 unspecified atom stereocenters. The Bertz CT molecular complexity index is 664. The second-order valence-electron chi connectivity index (χ2n) is 4.22. The van der Waals surface area contributed by atoms with E-state index in [1.54, 1.807) is 6.20 Å². The van der Waals surface area contributed by atoms with E-state index in [0.29, 0.717) is 6.54 Å². The Balaban J connectivity index is 1.87. The van der Waals surface area contributed by atoms with Gasteiger partial charge >= 0.3 is 0 Å². The van der Waals surface area contributed by atoms with Crippen molar-refractivity contribution in [1.82, 2.24) is 14.5 Å². The van der Waals surface area contributed by atoms with Gasteiger partial charge in [-0.15, -0.1) is 0 Å². The Hall–Kier alpha value is -2.30. The molecule has 3 heterocycles. The first-order valence-electron chi connectivity index (χ1n) is 5.83. The first kappa shape index (κ1) is 10.8. The van der Waals surface area contributed by atoms with Crippen LogP contribution in [0.5, 0.6) is 0 Å². The molecule has 0 aliphatic heterocycles. The molecule has 0 amide bonds. The van der Waals surface area contributed by atoms with Crippen molar-refractivity contribution in [2.75, 3.05) is 5.32 Å².